The van der Waals surface area contributed by atoms with Gasteiger partial charge in [-0.25, -0.2) is 9.59 Å². The Morgan fingerprint density at radius 3 is 1.73 bits per heavy atom. The Balaban J connectivity index is 2.22. The third-order valence-corrected chi connectivity index (χ3v) is 4.12. The molecule has 0 radical (unpaired) electrons. The Morgan fingerprint density at radius 2 is 1.23 bits per heavy atom. The molecule has 0 bridgehead atoms. The molecular weight excluding hydrogens is 364 g/mol. The minimum Gasteiger partial charge on any atom is -0.479 e. The van der Waals surface area contributed by atoms with E-state index in [0.29, 0.717) is 0 Å². The van der Waals surface area contributed by atoms with Gasteiger partial charge in [0.1, 0.15) is 36.6 Å². The average Bonchev–Trinajstić information content (AvgIpc) is 2.58. The predicted molar refractivity (Wildman–Crippen MR) is 74.5 cm³/mol. The van der Waals surface area contributed by atoms with E-state index in [9.17, 15) is 40.2 Å². The van der Waals surface area contributed by atoms with Crippen LogP contribution in [0.1, 0.15) is 0 Å². The molecule has 0 aromatic rings. The first-order valence-electron chi connectivity index (χ1n) is 7.45. The fraction of sp³-hybridized carbons (Fsp3) is 0.846. The lowest BCUT2D eigenvalue weighted by molar-refractivity contribution is -0.348. The molecule has 2 heterocycles. The number of aliphatic hydroxyl groups excluding tert-OH is 5. The van der Waals surface area contributed by atoms with E-state index in [2.05, 4.69) is 0 Å². The van der Waals surface area contributed by atoms with Crippen LogP contribution in [-0.4, -0.2) is 116 Å². The van der Waals surface area contributed by atoms with Crippen LogP contribution in [0.2, 0.25) is 0 Å². The summed E-state index contributed by atoms with van der Waals surface area (Å²) in [5, 5.41) is 67.4. The molecule has 2 aliphatic heterocycles. The molecule has 26 heavy (non-hydrogen) atoms. The molecule has 7 N–H and O–H groups in total. The number of carboxylic acids is 2. The van der Waals surface area contributed by atoms with Gasteiger partial charge < -0.3 is 54.7 Å². The predicted octanol–water partition coefficient (Wildman–Crippen LogP) is -4.56. The van der Waals surface area contributed by atoms with Crippen molar-refractivity contribution in [2.24, 2.45) is 0 Å². The number of ether oxygens (including phenoxy) is 4. The van der Waals surface area contributed by atoms with Crippen molar-refractivity contribution in [3.8, 4) is 0 Å². The molecular formula is C13H20O13. The summed E-state index contributed by atoms with van der Waals surface area (Å²) in [5.41, 5.74) is 0. The lowest BCUT2D eigenvalue weighted by Crippen LogP contribution is -2.65. The Hall–Kier alpha value is -1.42. The van der Waals surface area contributed by atoms with E-state index in [-0.39, 0.29) is 0 Å². The zero-order chi connectivity index (χ0) is 19.8. The van der Waals surface area contributed by atoms with Crippen molar-refractivity contribution in [3.63, 3.8) is 0 Å². The van der Waals surface area contributed by atoms with Crippen LogP contribution in [0.3, 0.4) is 0 Å². The number of aliphatic carboxylic acids is 2. The zero-order valence-electron chi connectivity index (χ0n) is 13.4. The van der Waals surface area contributed by atoms with Gasteiger partial charge in [-0.3, -0.25) is 0 Å². The van der Waals surface area contributed by atoms with E-state index in [0.717, 1.165) is 7.11 Å². The average molecular weight is 384 g/mol. The van der Waals surface area contributed by atoms with Crippen molar-refractivity contribution in [2.75, 3.05) is 7.11 Å². The second kappa shape index (κ2) is 8.08. The molecule has 10 atom stereocenters. The van der Waals surface area contributed by atoms with Gasteiger partial charge in [-0.15, -0.1) is 0 Å². The highest BCUT2D eigenvalue weighted by Crippen LogP contribution is 2.29. The van der Waals surface area contributed by atoms with Crippen LogP contribution in [0.25, 0.3) is 0 Å². The zero-order valence-corrected chi connectivity index (χ0v) is 13.4. The van der Waals surface area contributed by atoms with E-state index in [4.69, 9.17) is 24.1 Å². The van der Waals surface area contributed by atoms with Crippen LogP contribution in [0.15, 0.2) is 0 Å². The molecule has 0 amide bonds. The van der Waals surface area contributed by atoms with Crippen LogP contribution in [0.4, 0.5) is 0 Å². The minimum atomic E-state index is -1.99. The summed E-state index contributed by atoms with van der Waals surface area (Å²) in [5.74, 6) is -3.28. The molecule has 2 rings (SSSR count). The first kappa shape index (κ1) is 20.9. The summed E-state index contributed by atoms with van der Waals surface area (Å²) in [4.78, 5) is 22.4. The third kappa shape index (κ3) is 3.80. The molecule has 150 valence electrons. The SMILES string of the molecule is CO[C@@H]1O[C@H](C(=O)O)[C@@H](O[C@H]2O[C@H](C(=O)O)[C@@H](O)[C@H](O)[C@H]2O)[C@H](O)[C@H]1O. The van der Waals surface area contributed by atoms with Gasteiger partial charge in [0, 0.05) is 7.11 Å². The van der Waals surface area contributed by atoms with Crippen molar-refractivity contribution in [1.29, 1.82) is 0 Å². The Kier molecular flexibility index (Phi) is 6.49. The van der Waals surface area contributed by atoms with E-state index in [1.165, 1.54) is 0 Å². The number of rotatable bonds is 5. The number of methoxy groups -OCH3 is 1. The van der Waals surface area contributed by atoms with Gasteiger partial charge in [-0.05, 0) is 0 Å². The van der Waals surface area contributed by atoms with Gasteiger partial charge in [0.05, 0.1) is 0 Å². The van der Waals surface area contributed by atoms with E-state index < -0.39 is 73.4 Å². The maximum Gasteiger partial charge on any atom is 0.335 e. The van der Waals surface area contributed by atoms with E-state index >= 15 is 0 Å². The fourth-order valence-corrected chi connectivity index (χ4v) is 2.70. The summed E-state index contributed by atoms with van der Waals surface area (Å²) in [6.45, 7) is 0. The Labute approximate surface area is 145 Å². The number of hydrogen-bond donors (Lipinski definition) is 7. The van der Waals surface area contributed by atoms with Crippen LogP contribution < -0.4 is 0 Å². The summed E-state index contributed by atoms with van der Waals surface area (Å²) in [6.07, 6.45) is -18.6. The maximum atomic E-state index is 11.4. The Bertz CT molecular complexity index is 526. The summed E-state index contributed by atoms with van der Waals surface area (Å²) in [7, 11) is 1.10. The fourth-order valence-electron chi connectivity index (χ4n) is 2.70. The number of aliphatic hydroxyl groups is 5. The molecule has 0 aromatic carbocycles. The molecule has 0 saturated carbocycles. The third-order valence-electron chi connectivity index (χ3n) is 4.12. The quantitative estimate of drug-likeness (QED) is 0.238. The summed E-state index contributed by atoms with van der Waals surface area (Å²) >= 11 is 0. The molecule has 0 unspecified atom stereocenters. The van der Waals surface area contributed by atoms with Gasteiger partial charge in [-0.2, -0.15) is 0 Å². The Morgan fingerprint density at radius 1 is 0.731 bits per heavy atom. The number of hydrogen-bond acceptors (Lipinski definition) is 11. The minimum absolute atomic E-state index is 1.10. The topological polar surface area (TPSA) is 213 Å². The standard InChI is InChI=1S/C13H20O13/c1-23-12-6(18)4(16)7(9(26-12)11(21)22)24-13-5(17)2(14)3(15)8(25-13)10(19)20/h2-9,12-18H,1H3,(H,19,20)(H,21,22)/t2-,3-,4+,5+,6+,7-,8-,9-,12+,13-/m0/s1. The van der Waals surface area contributed by atoms with Crippen LogP contribution in [-0.2, 0) is 28.5 Å². The lowest BCUT2D eigenvalue weighted by atomic mass is 9.96. The van der Waals surface area contributed by atoms with Crippen molar-refractivity contribution < 1.29 is 64.3 Å². The molecule has 13 nitrogen and oxygen atoms in total. The largest absolute Gasteiger partial charge is 0.479 e. The van der Waals surface area contributed by atoms with Crippen molar-refractivity contribution in [1.82, 2.24) is 0 Å². The first-order chi connectivity index (χ1) is 12.1. The van der Waals surface area contributed by atoms with Crippen LogP contribution in [0.5, 0.6) is 0 Å². The van der Waals surface area contributed by atoms with Crippen molar-refractivity contribution in [3.05, 3.63) is 0 Å². The van der Waals surface area contributed by atoms with Gasteiger partial charge in [0.25, 0.3) is 0 Å². The van der Waals surface area contributed by atoms with Gasteiger partial charge in [0.2, 0.25) is 0 Å². The van der Waals surface area contributed by atoms with Crippen LogP contribution in [0, 0.1) is 0 Å². The molecule has 13 heteroatoms. The van der Waals surface area contributed by atoms with E-state index in [1.807, 2.05) is 0 Å². The second-order valence-electron chi connectivity index (χ2n) is 5.82. The normalized spacial score (nSPS) is 46.7. The smallest absolute Gasteiger partial charge is 0.335 e. The van der Waals surface area contributed by atoms with Gasteiger partial charge in [0.15, 0.2) is 24.8 Å². The molecule has 2 saturated heterocycles. The van der Waals surface area contributed by atoms with Gasteiger partial charge in [-0.1, -0.05) is 0 Å². The van der Waals surface area contributed by atoms with Gasteiger partial charge >= 0.3 is 11.9 Å². The first-order valence-corrected chi connectivity index (χ1v) is 7.45. The van der Waals surface area contributed by atoms with Crippen molar-refractivity contribution >= 4 is 11.9 Å². The highest BCUT2D eigenvalue weighted by atomic mass is 16.7. The summed E-state index contributed by atoms with van der Waals surface area (Å²) < 4.78 is 19.7. The number of carboxylic acid groups (broad SMARTS) is 2. The summed E-state index contributed by atoms with van der Waals surface area (Å²) in [6, 6.07) is 0. The highest BCUT2D eigenvalue weighted by molar-refractivity contribution is 5.74. The molecule has 0 aliphatic carbocycles. The highest BCUT2D eigenvalue weighted by Gasteiger charge is 2.53. The number of carbonyl (C=O) groups is 2. The molecule has 2 aliphatic rings. The second-order valence-corrected chi connectivity index (χ2v) is 5.82. The van der Waals surface area contributed by atoms with Crippen LogP contribution >= 0.6 is 0 Å². The molecule has 0 spiro atoms. The maximum absolute atomic E-state index is 11.4. The molecule has 2 fully saturated rings. The van der Waals surface area contributed by atoms with E-state index in [1.54, 1.807) is 0 Å². The van der Waals surface area contributed by atoms with Crippen molar-refractivity contribution in [2.45, 2.75) is 61.4 Å². The monoisotopic (exact) mass is 384 g/mol. The lowest BCUT2D eigenvalue weighted by Gasteiger charge is -2.44. The molecule has 0 aromatic heterocycles.